The minimum absolute atomic E-state index is 0.115. The number of benzene rings is 3. The maximum atomic E-state index is 13.6. The molecule has 0 saturated heterocycles. The number of carbonyl (C=O) groups is 2. The van der Waals surface area contributed by atoms with Gasteiger partial charge < -0.3 is 14.4 Å². The number of ether oxygens (including phenoxy) is 2. The largest absolute Gasteiger partial charge is 0.469 e. The van der Waals surface area contributed by atoms with E-state index in [1.165, 1.54) is 7.11 Å². The van der Waals surface area contributed by atoms with Crippen molar-refractivity contribution in [3.8, 4) is 0 Å². The van der Waals surface area contributed by atoms with Crippen LogP contribution in [-0.2, 0) is 25.6 Å². The number of anilines is 1. The van der Waals surface area contributed by atoms with Crippen LogP contribution in [0.3, 0.4) is 0 Å². The molecule has 0 fully saturated rings. The second-order valence-electron chi connectivity index (χ2n) is 7.50. The molecule has 31 heavy (non-hydrogen) atoms. The van der Waals surface area contributed by atoms with Crippen molar-refractivity contribution in [2.75, 3.05) is 12.0 Å². The van der Waals surface area contributed by atoms with Crippen LogP contribution in [0.5, 0.6) is 0 Å². The third-order valence-corrected chi connectivity index (χ3v) is 5.48. The number of nitrogens with zero attached hydrogens (tertiary/aromatic N) is 1. The molecular formula is C26H25NO4. The standard InChI is InChI=1S/C26H25NO4/c1-30-24(28)17-16-23-26(29)27(18-19-10-4-2-5-11-19)22-15-9-8-14-21(22)25(31-23)20-12-6-3-7-13-20/h2-15,23,25H,16-18H2,1H3. The zero-order valence-corrected chi connectivity index (χ0v) is 17.4. The molecule has 0 N–H and O–H groups in total. The molecule has 0 aliphatic carbocycles. The van der Waals surface area contributed by atoms with E-state index in [-0.39, 0.29) is 24.7 Å². The van der Waals surface area contributed by atoms with Crippen molar-refractivity contribution in [2.24, 2.45) is 0 Å². The van der Waals surface area contributed by atoms with E-state index in [0.717, 1.165) is 22.4 Å². The Kier molecular flexibility index (Phi) is 6.43. The van der Waals surface area contributed by atoms with E-state index in [2.05, 4.69) is 0 Å². The Bertz CT molecular complexity index is 1040. The highest BCUT2D eigenvalue weighted by molar-refractivity contribution is 5.98. The molecule has 0 radical (unpaired) electrons. The summed E-state index contributed by atoms with van der Waals surface area (Å²) in [5, 5.41) is 0. The number of esters is 1. The Morgan fingerprint density at radius 2 is 1.58 bits per heavy atom. The van der Waals surface area contributed by atoms with Crippen LogP contribution in [0.4, 0.5) is 5.69 Å². The highest BCUT2D eigenvalue weighted by Crippen LogP contribution is 2.39. The number of hydrogen-bond donors (Lipinski definition) is 0. The lowest BCUT2D eigenvalue weighted by Gasteiger charge is -2.25. The normalized spacial score (nSPS) is 18.2. The summed E-state index contributed by atoms with van der Waals surface area (Å²) >= 11 is 0. The number of fused-ring (bicyclic) bond motifs is 1. The molecule has 5 nitrogen and oxygen atoms in total. The lowest BCUT2D eigenvalue weighted by atomic mass is 9.99. The molecule has 0 aromatic heterocycles. The predicted molar refractivity (Wildman–Crippen MR) is 118 cm³/mol. The van der Waals surface area contributed by atoms with Gasteiger partial charge in [-0.05, 0) is 23.6 Å². The minimum Gasteiger partial charge on any atom is -0.469 e. The fraction of sp³-hybridized carbons (Fsp3) is 0.231. The maximum absolute atomic E-state index is 13.6. The SMILES string of the molecule is COC(=O)CCC1OC(c2ccccc2)c2ccccc2N(Cc2ccccc2)C1=O. The van der Waals surface area contributed by atoms with Crippen molar-refractivity contribution in [3.05, 3.63) is 102 Å². The minimum atomic E-state index is -0.764. The monoisotopic (exact) mass is 415 g/mol. The van der Waals surface area contributed by atoms with Crippen LogP contribution in [-0.4, -0.2) is 25.1 Å². The van der Waals surface area contributed by atoms with Gasteiger partial charge in [0.2, 0.25) is 0 Å². The quantitative estimate of drug-likeness (QED) is 0.550. The topological polar surface area (TPSA) is 55.8 Å². The molecule has 2 unspecified atom stereocenters. The van der Waals surface area contributed by atoms with Crippen LogP contribution in [0.15, 0.2) is 84.9 Å². The average Bonchev–Trinajstić information content (AvgIpc) is 2.94. The molecule has 1 aliphatic rings. The number of methoxy groups -OCH3 is 1. The van der Waals surface area contributed by atoms with Gasteiger partial charge in [0, 0.05) is 12.0 Å². The van der Waals surface area contributed by atoms with Crippen LogP contribution in [0.25, 0.3) is 0 Å². The lowest BCUT2D eigenvalue weighted by Crippen LogP contribution is -2.39. The molecule has 3 aromatic rings. The molecular weight excluding hydrogens is 390 g/mol. The van der Waals surface area contributed by atoms with Crippen LogP contribution < -0.4 is 4.90 Å². The van der Waals surface area contributed by atoms with Gasteiger partial charge in [-0.15, -0.1) is 0 Å². The second kappa shape index (κ2) is 9.58. The summed E-state index contributed by atoms with van der Waals surface area (Å²) in [6.07, 6.45) is -0.803. The molecule has 1 heterocycles. The average molecular weight is 415 g/mol. The van der Waals surface area contributed by atoms with Crippen LogP contribution >= 0.6 is 0 Å². The van der Waals surface area contributed by atoms with E-state index in [1.54, 1.807) is 4.90 Å². The number of rotatable bonds is 6. The summed E-state index contributed by atoms with van der Waals surface area (Å²) in [6, 6.07) is 27.6. The van der Waals surface area contributed by atoms with E-state index in [0.29, 0.717) is 6.54 Å². The molecule has 5 heteroatoms. The zero-order chi connectivity index (χ0) is 21.6. The number of carbonyl (C=O) groups excluding carboxylic acids is 2. The van der Waals surface area contributed by atoms with Gasteiger partial charge in [-0.1, -0.05) is 78.9 Å². The highest BCUT2D eigenvalue weighted by atomic mass is 16.5. The summed E-state index contributed by atoms with van der Waals surface area (Å²) < 4.78 is 11.2. The summed E-state index contributed by atoms with van der Waals surface area (Å²) in [4.78, 5) is 27.2. The Morgan fingerprint density at radius 3 is 2.29 bits per heavy atom. The van der Waals surface area contributed by atoms with E-state index in [9.17, 15) is 9.59 Å². The first-order valence-electron chi connectivity index (χ1n) is 10.4. The third-order valence-electron chi connectivity index (χ3n) is 5.48. The molecule has 4 rings (SSSR count). The summed E-state index contributed by atoms with van der Waals surface area (Å²) in [5.41, 5.74) is 3.74. The van der Waals surface area contributed by atoms with Crippen molar-refractivity contribution >= 4 is 17.6 Å². The molecule has 1 aliphatic heterocycles. The zero-order valence-electron chi connectivity index (χ0n) is 17.4. The first-order chi connectivity index (χ1) is 15.2. The molecule has 2 atom stereocenters. The fourth-order valence-electron chi connectivity index (χ4n) is 3.90. The second-order valence-corrected chi connectivity index (χ2v) is 7.50. The van der Waals surface area contributed by atoms with Crippen LogP contribution in [0, 0.1) is 0 Å². The Hall–Kier alpha value is -3.44. The van der Waals surface area contributed by atoms with Crippen molar-refractivity contribution < 1.29 is 19.1 Å². The number of para-hydroxylation sites is 1. The Balaban J connectivity index is 1.77. The van der Waals surface area contributed by atoms with Gasteiger partial charge >= 0.3 is 5.97 Å². The van der Waals surface area contributed by atoms with Gasteiger partial charge in [-0.25, -0.2) is 0 Å². The molecule has 0 saturated carbocycles. The van der Waals surface area contributed by atoms with Crippen molar-refractivity contribution in [1.29, 1.82) is 0 Å². The van der Waals surface area contributed by atoms with Crippen molar-refractivity contribution in [1.82, 2.24) is 0 Å². The molecule has 3 aromatic carbocycles. The van der Waals surface area contributed by atoms with E-state index < -0.39 is 12.2 Å². The predicted octanol–water partition coefficient (Wildman–Crippen LogP) is 4.66. The Labute approximate surface area is 182 Å². The van der Waals surface area contributed by atoms with Crippen LogP contribution in [0.2, 0.25) is 0 Å². The van der Waals surface area contributed by atoms with E-state index in [4.69, 9.17) is 9.47 Å². The van der Waals surface area contributed by atoms with Gasteiger partial charge in [0.05, 0.1) is 19.3 Å². The van der Waals surface area contributed by atoms with Crippen LogP contribution in [0.1, 0.15) is 35.6 Å². The molecule has 158 valence electrons. The fourth-order valence-corrected chi connectivity index (χ4v) is 3.90. The summed E-state index contributed by atoms with van der Waals surface area (Å²) in [5.74, 6) is -0.511. The Morgan fingerprint density at radius 1 is 0.935 bits per heavy atom. The summed E-state index contributed by atoms with van der Waals surface area (Å²) in [7, 11) is 1.35. The van der Waals surface area contributed by atoms with Gasteiger partial charge in [0.25, 0.3) is 5.91 Å². The third kappa shape index (κ3) is 4.67. The molecule has 0 spiro atoms. The highest BCUT2D eigenvalue weighted by Gasteiger charge is 2.36. The number of amides is 1. The van der Waals surface area contributed by atoms with E-state index >= 15 is 0 Å². The maximum Gasteiger partial charge on any atom is 0.305 e. The first kappa shape index (κ1) is 20.8. The van der Waals surface area contributed by atoms with Gasteiger partial charge in [-0.2, -0.15) is 0 Å². The summed E-state index contributed by atoms with van der Waals surface area (Å²) in [6.45, 7) is 0.427. The van der Waals surface area contributed by atoms with Gasteiger partial charge in [0.15, 0.2) is 0 Å². The van der Waals surface area contributed by atoms with Crippen molar-refractivity contribution in [3.63, 3.8) is 0 Å². The smallest absolute Gasteiger partial charge is 0.305 e. The molecule has 1 amide bonds. The first-order valence-corrected chi connectivity index (χ1v) is 10.4. The number of hydrogen-bond acceptors (Lipinski definition) is 4. The van der Waals surface area contributed by atoms with Gasteiger partial charge in [-0.3, -0.25) is 9.59 Å². The van der Waals surface area contributed by atoms with E-state index in [1.807, 2.05) is 84.9 Å². The van der Waals surface area contributed by atoms with Gasteiger partial charge in [0.1, 0.15) is 12.2 Å². The lowest BCUT2D eigenvalue weighted by molar-refractivity contribution is -0.142. The molecule has 0 bridgehead atoms. The van der Waals surface area contributed by atoms with Crippen molar-refractivity contribution in [2.45, 2.75) is 31.6 Å².